The van der Waals surface area contributed by atoms with Gasteiger partial charge in [0.05, 0.1) is 23.5 Å². The fraction of sp³-hybridized carbons (Fsp3) is 0.429. The smallest absolute Gasteiger partial charge is 0.338 e. The molecular weight excluding hydrogens is 270 g/mol. The van der Waals surface area contributed by atoms with E-state index in [9.17, 15) is 4.79 Å². The third-order valence-electron chi connectivity index (χ3n) is 3.71. The number of rotatable bonds is 4. The Morgan fingerprint density at radius 3 is 2.57 bits per heavy atom. The lowest BCUT2D eigenvalue weighted by Crippen LogP contribution is -2.12. The van der Waals surface area contributed by atoms with Crippen LogP contribution in [0.2, 0.25) is 0 Å². The number of anilines is 2. The highest BCUT2D eigenvalue weighted by atomic mass is 16.4. The second kappa shape index (κ2) is 5.90. The minimum absolute atomic E-state index is 0.0680. The Morgan fingerprint density at radius 1 is 1.19 bits per heavy atom. The van der Waals surface area contributed by atoms with Crippen molar-refractivity contribution in [1.82, 2.24) is 19.7 Å². The predicted molar refractivity (Wildman–Crippen MR) is 76.6 cm³/mol. The van der Waals surface area contributed by atoms with Crippen LogP contribution in [0.15, 0.2) is 24.8 Å². The van der Waals surface area contributed by atoms with E-state index in [2.05, 4.69) is 20.4 Å². The summed E-state index contributed by atoms with van der Waals surface area (Å²) in [6, 6.07) is 0.476. The minimum atomic E-state index is -1.04. The van der Waals surface area contributed by atoms with Crippen molar-refractivity contribution in [2.24, 2.45) is 0 Å². The summed E-state index contributed by atoms with van der Waals surface area (Å²) in [5, 5.41) is 16.2. The van der Waals surface area contributed by atoms with E-state index in [0.29, 0.717) is 12.0 Å². The van der Waals surface area contributed by atoms with Gasteiger partial charge in [-0.1, -0.05) is 19.3 Å². The molecule has 0 amide bonds. The van der Waals surface area contributed by atoms with Crippen LogP contribution in [0.5, 0.6) is 0 Å². The summed E-state index contributed by atoms with van der Waals surface area (Å²) in [6.07, 6.45) is 12.4. The molecule has 110 valence electrons. The molecule has 0 aliphatic heterocycles. The summed E-state index contributed by atoms with van der Waals surface area (Å²) in [7, 11) is 0. The first-order valence-electron chi connectivity index (χ1n) is 7.09. The Kier molecular flexibility index (Phi) is 3.81. The summed E-state index contributed by atoms with van der Waals surface area (Å²) in [6.45, 7) is 0. The summed E-state index contributed by atoms with van der Waals surface area (Å²) in [4.78, 5) is 18.7. The number of nitrogens with one attached hydrogen (secondary N) is 1. The monoisotopic (exact) mass is 287 g/mol. The van der Waals surface area contributed by atoms with Gasteiger partial charge in [0.25, 0.3) is 0 Å². The molecule has 1 fully saturated rings. The van der Waals surface area contributed by atoms with Crippen LogP contribution >= 0.6 is 0 Å². The van der Waals surface area contributed by atoms with Crippen LogP contribution in [0.3, 0.4) is 0 Å². The van der Waals surface area contributed by atoms with Gasteiger partial charge in [-0.15, -0.1) is 0 Å². The highest BCUT2D eigenvalue weighted by molar-refractivity contribution is 5.86. The molecule has 1 saturated carbocycles. The molecule has 0 aromatic carbocycles. The third-order valence-corrected chi connectivity index (χ3v) is 3.71. The van der Waals surface area contributed by atoms with Crippen molar-refractivity contribution in [3.63, 3.8) is 0 Å². The number of carbonyl (C=O) groups is 1. The predicted octanol–water partition coefficient (Wildman–Crippen LogP) is 2.62. The van der Waals surface area contributed by atoms with Crippen molar-refractivity contribution >= 4 is 17.6 Å². The van der Waals surface area contributed by atoms with Gasteiger partial charge >= 0.3 is 5.97 Å². The minimum Gasteiger partial charge on any atom is -0.478 e. The average molecular weight is 287 g/mol. The maximum Gasteiger partial charge on any atom is 0.338 e. The van der Waals surface area contributed by atoms with Crippen molar-refractivity contribution in [1.29, 1.82) is 0 Å². The second-order valence-electron chi connectivity index (χ2n) is 5.23. The molecule has 7 nitrogen and oxygen atoms in total. The molecule has 0 radical (unpaired) electrons. The summed E-state index contributed by atoms with van der Waals surface area (Å²) in [5.74, 6) is -0.671. The Balaban J connectivity index is 1.67. The van der Waals surface area contributed by atoms with Gasteiger partial charge in [-0.05, 0) is 12.8 Å². The number of aromatic carboxylic acids is 1. The van der Waals surface area contributed by atoms with Crippen molar-refractivity contribution in [2.75, 3.05) is 5.32 Å². The maximum absolute atomic E-state index is 10.7. The zero-order chi connectivity index (χ0) is 14.7. The highest BCUT2D eigenvalue weighted by Crippen LogP contribution is 2.28. The molecule has 0 unspecified atom stereocenters. The SMILES string of the molecule is O=C(O)c1cnc(Nc2cnn(C3CCCCC3)c2)nc1. The van der Waals surface area contributed by atoms with Crippen LogP contribution in [0.4, 0.5) is 11.6 Å². The molecule has 3 rings (SSSR count). The molecule has 2 aromatic rings. The Hall–Kier alpha value is -2.44. The molecule has 0 spiro atoms. The normalized spacial score (nSPS) is 15.8. The van der Waals surface area contributed by atoms with Gasteiger partial charge in [0, 0.05) is 18.6 Å². The third kappa shape index (κ3) is 3.18. The molecule has 2 N–H and O–H groups in total. The first kappa shape index (κ1) is 13.5. The molecule has 1 aliphatic rings. The maximum atomic E-state index is 10.7. The van der Waals surface area contributed by atoms with Gasteiger partial charge in [-0.2, -0.15) is 5.10 Å². The topological polar surface area (TPSA) is 92.9 Å². The highest BCUT2D eigenvalue weighted by Gasteiger charge is 2.16. The van der Waals surface area contributed by atoms with Crippen molar-refractivity contribution in [2.45, 2.75) is 38.1 Å². The zero-order valence-electron chi connectivity index (χ0n) is 11.6. The summed E-state index contributed by atoms with van der Waals surface area (Å²) < 4.78 is 1.99. The number of nitrogens with zero attached hydrogens (tertiary/aromatic N) is 4. The lowest BCUT2D eigenvalue weighted by Gasteiger charge is -2.21. The average Bonchev–Trinajstić information content (AvgIpc) is 2.97. The number of carboxylic acids is 1. The second-order valence-corrected chi connectivity index (χ2v) is 5.23. The lowest BCUT2D eigenvalue weighted by atomic mass is 9.96. The van der Waals surface area contributed by atoms with Crippen molar-refractivity contribution in [3.05, 3.63) is 30.4 Å². The van der Waals surface area contributed by atoms with E-state index >= 15 is 0 Å². The van der Waals surface area contributed by atoms with Gasteiger partial charge in [0.15, 0.2) is 0 Å². The van der Waals surface area contributed by atoms with E-state index in [-0.39, 0.29) is 5.56 Å². The number of carboxylic acid groups (broad SMARTS) is 1. The summed E-state index contributed by atoms with van der Waals surface area (Å²) in [5.41, 5.74) is 0.877. The quantitative estimate of drug-likeness (QED) is 0.898. The van der Waals surface area contributed by atoms with Gasteiger partial charge in [0.1, 0.15) is 0 Å². The first-order chi connectivity index (χ1) is 10.2. The van der Waals surface area contributed by atoms with Crippen LogP contribution in [0.25, 0.3) is 0 Å². The Labute approximate surface area is 122 Å². The molecule has 7 heteroatoms. The zero-order valence-corrected chi connectivity index (χ0v) is 11.6. The molecule has 0 atom stereocenters. The van der Waals surface area contributed by atoms with Crippen LogP contribution in [-0.2, 0) is 0 Å². The number of hydrogen-bond donors (Lipinski definition) is 2. The van der Waals surface area contributed by atoms with E-state index in [1.807, 2.05) is 10.9 Å². The van der Waals surface area contributed by atoms with E-state index in [0.717, 1.165) is 5.69 Å². The van der Waals surface area contributed by atoms with E-state index in [1.54, 1.807) is 6.20 Å². The van der Waals surface area contributed by atoms with E-state index in [1.165, 1.54) is 44.5 Å². The fourth-order valence-corrected chi connectivity index (χ4v) is 2.58. The Bertz CT molecular complexity index is 617. The van der Waals surface area contributed by atoms with Gasteiger partial charge in [-0.3, -0.25) is 4.68 Å². The van der Waals surface area contributed by atoms with Gasteiger partial charge in [0.2, 0.25) is 5.95 Å². The Morgan fingerprint density at radius 2 is 1.90 bits per heavy atom. The molecule has 1 aliphatic carbocycles. The van der Waals surface area contributed by atoms with Crippen LogP contribution in [0.1, 0.15) is 48.5 Å². The molecule has 0 saturated heterocycles. The number of hydrogen-bond acceptors (Lipinski definition) is 5. The molecule has 2 heterocycles. The van der Waals surface area contributed by atoms with Gasteiger partial charge in [-0.25, -0.2) is 14.8 Å². The van der Waals surface area contributed by atoms with Crippen LogP contribution in [-0.4, -0.2) is 30.8 Å². The molecule has 21 heavy (non-hydrogen) atoms. The van der Waals surface area contributed by atoms with Crippen molar-refractivity contribution in [3.8, 4) is 0 Å². The van der Waals surface area contributed by atoms with Crippen LogP contribution < -0.4 is 5.32 Å². The van der Waals surface area contributed by atoms with E-state index in [4.69, 9.17) is 5.11 Å². The summed E-state index contributed by atoms with van der Waals surface area (Å²) >= 11 is 0. The molecule has 2 aromatic heterocycles. The van der Waals surface area contributed by atoms with Crippen LogP contribution in [0, 0.1) is 0 Å². The number of aromatic nitrogens is 4. The lowest BCUT2D eigenvalue weighted by molar-refractivity contribution is 0.0696. The van der Waals surface area contributed by atoms with E-state index < -0.39 is 5.97 Å². The fourth-order valence-electron chi connectivity index (χ4n) is 2.58. The largest absolute Gasteiger partial charge is 0.478 e. The van der Waals surface area contributed by atoms with Gasteiger partial charge < -0.3 is 10.4 Å². The molecular formula is C14H17N5O2. The van der Waals surface area contributed by atoms with Crippen molar-refractivity contribution < 1.29 is 9.90 Å². The first-order valence-corrected chi connectivity index (χ1v) is 7.09. The standard InChI is InChI=1S/C14H17N5O2/c20-13(21)10-6-15-14(16-7-10)18-11-8-17-19(9-11)12-4-2-1-3-5-12/h6-9,12H,1-5H2,(H,20,21)(H,15,16,18). The molecule has 0 bridgehead atoms.